The average molecular weight is 573 g/mol. The third-order valence-corrected chi connectivity index (χ3v) is 7.16. The SMILES string of the molecule is Cc1cccc2nc(C(N)Cc3cc(F)cc(F)c3)n(-c3ccc(Cl)c4c(NS(C)(=O)=O)nn(C)c34)c(=O)c12. The third kappa shape index (κ3) is 4.98. The van der Waals surface area contributed by atoms with Gasteiger partial charge in [-0.05, 0) is 54.8 Å². The predicted octanol–water partition coefficient (Wildman–Crippen LogP) is 4.13. The first-order valence-corrected chi connectivity index (χ1v) is 14.0. The Morgan fingerprint density at radius 2 is 1.79 bits per heavy atom. The molecule has 2 heterocycles. The van der Waals surface area contributed by atoms with E-state index in [9.17, 15) is 22.0 Å². The molecule has 0 fully saturated rings. The number of hydrogen-bond donors (Lipinski definition) is 2. The molecule has 202 valence electrons. The van der Waals surface area contributed by atoms with Gasteiger partial charge in [-0.15, -0.1) is 0 Å². The van der Waals surface area contributed by atoms with Crippen LogP contribution < -0.4 is 16.0 Å². The highest BCUT2D eigenvalue weighted by molar-refractivity contribution is 7.92. The number of benzene rings is 3. The largest absolute Gasteiger partial charge is 0.321 e. The molecule has 5 rings (SSSR count). The van der Waals surface area contributed by atoms with E-state index in [1.54, 1.807) is 38.2 Å². The van der Waals surface area contributed by atoms with Crippen molar-refractivity contribution in [3.63, 3.8) is 0 Å². The average Bonchev–Trinajstić information content (AvgIpc) is 3.14. The van der Waals surface area contributed by atoms with Crippen LogP contribution in [0.4, 0.5) is 14.6 Å². The molecule has 0 amide bonds. The van der Waals surface area contributed by atoms with Crippen molar-refractivity contribution < 1.29 is 17.2 Å². The fourth-order valence-electron chi connectivity index (χ4n) is 4.75. The first-order valence-electron chi connectivity index (χ1n) is 11.7. The zero-order chi connectivity index (χ0) is 28.2. The maximum atomic E-state index is 14.1. The summed E-state index contributed by atoms with van der Waals surface area (Å²) in [5.74, 6) is -1.39. The zero-order valence-corrected chi connectivity index (χ0v) is 22.6. The number of nitrogens with zero attached hydrogens (tertiary/aromatic N) is 4. The van der Waals surface area contributed by atoms with Gasteiger partial charge in [0.2, 0.25) is 10.0 Å². The summed E-state index contributed by atoms with van der Waals surface area (Å²) < 4.78 is 56.8. The Balaban J connectivity index is 1.82. The first-order chi connectivity index (χ1) is 18.3. The van der Waals surface area contributed by atoms with Crippen molar-refractivity contribution in [1.29, 1.82) is 0 Å². The number of nitrogens with one attached hydrogen (secondary N) is 1. The van der Waals surface area contributed by atoms with Crippen molar-refractivity contribution in [2.75, 3.05) is 11.0 Å². The van der Waals surface area contributed by atoms with E-state index in [2.05, 4.69) is 9.82 Å². The summed E-state index contributed by atoms with van der Waals surface area (Å²) in [5.41, 5.74) is 8.13. The molecule has 1 atom stereocenters. The Hall–Kier alpha value is -3.87. The summed E-state index contributed by atoms with van der Waals surface area (Å²) in [6.45, 7) is 1.78. The van der Waals surface area contributed by atoms with E-state index < -0.39 is 33.3 Å². The summed E-state index contributed by atoms with van der Waals surface area (Å²) in [6.07, 6.45) is 0.958. The van der Waals surface area contributed by atoms with Gasteiger partial charge in [-0.2, -0.15) is 5.10 Å². The van der Waals surface area contributed by atoms with Crippen LogP contribution in [0.5, 0.6) is 0 Å². The number of rotatable bonds is 6. The Kier molecular flexibility index (Phi) is 6.65. The third-order valence-electron chi connectivity index (χ3n) is 6.28. The Morgan fingerprint density at radius 3 is 2.46 bits per heavy atom. The highest BCUT2D eigenvalue weighted by atomic mass is 35.5. The molecule has 2 aromatic heterocycles. The van der Waals surface area contributed by atoms with Gasteiger partial charge in [0.05, 0.1) is 44.8 Å². The summed E-state index contributed by atoms with van der Waals surface area (Å²) >= 11 is 6.48. The van der Waals surface area contributed by atoms with Crippen LogP contribution in [0.3, 0.4) is 0 Å². The molecule has 0 saturated heterocycles. The van der Waals surface area contributed by atoms with E-state index in [0.29, 0.717) is 27.7 Å². The van der Waals surface area contributed by atoms with E-state index >= 15 is 0 Å². The molecular weight excluding hydrogens is 550 g/mol. The van der Waals surface area contributed by atoms with E-state index in [-0.39, 0.29) is 34.0 Å². The quantitative estimate of drug-likeness (QED) is 0.315. The number of nitrogens with two attached hydrogens (primary N) is 1. The van der Waals surface area contributed by atoms with Gasteiger partial charge in [-0.1, -0.05) is 23.7 Å². The van der Waals surface area contributed by atoms with Crippen molar-refractivity contribution >= 4 is 49.2 Å². The number of fused-ring (bicyclic) bond motifs is 2. The molecule has 0 saturated carbocycles. The molecule has 1 unspecified atom stereocenters. The fraction of sp³-hybridized carbons (Fsp3) is 0.192. The maximum Gasteiger partial charge on any atom is 0.266 e. The Morgan fingerprint density at radius 1 is 1.10 bits per heavy atom. The lowest BCUT2D eigenvalue weighted by atomic mass is 10.0. The van der Waals surface area contributed by atoms with Crippen LogP contribution in [0.25, 0.3) is 27.5 Å². The summed E-state index contributed by atoms with van der Waals surface area (Å²) in [5, 5.41) is 5.11. The van der Waals surface area contributed by atoms with Gasteiger partial charge in [0.15, 0.2) is 5.82 Å². The van der Waals surface area contributed by atoms with Crippen molar-refractivity contribution in [2.24, 2.45) is 12.8 Å². The lowest BCUT2D eigenvalue weighted by molar-refractivity contribution is 0.572. The van der Waals surface area contributed by atoms with Gasteiger partial charge in [0.1, 0.15) is 17.5 Å². The second kappa shape index (κ2) is 9.70. The van der Waals surface area contributed by atoms with Crippen molar-refractivity contribution in [2.45, 2.75) is 19.4 Å². The number of aryl methyl sites for hydroxylation is 2. The first kappa shape index (κ1) is 26.7. The molecule has 3 aromatic carbocycles. The fourth-order valence-corrected chi connectivity index (χ4v) is 5.49. The van der Waals surface area contributed by atoms with Gasteiger partial charge in [-0.25, -0.2) is 22.2 Å². The molecule has 9 nitrogen and oxygen atoms in total. The molecule has 3 N–H and O–H groups in total. The van der Waals surface area contributed by atoms with Gasteiger partial charge >= 0.3 is 0 Å². The summed E-state index contributed by atoms with van der Waals surface area (Å²) in [6, 6.07) is 10.5. The minimum absolute atomic E-state index is 0.0130. The van der Waals surface area contributed by atoms with Crippen LogP contribution in [0.1, 0.15) is 23.0 Å². The number of anilines is 1. The number of hydrogen-bond acceptors (Lipinski definition) is 6. The van der Waals surface area contributed by atoms with Crippen LogP contribution in [0, 0.1) is 18.6 Å². The van der Waals surface area contributed by atoms with Crippen molar-refractivity contribution in [3.05, 3.63) is 92.5 Å². The minimum Gasteiger partial charge on any atom is -0.321 e. The lowest BCUT2D eigenvalue weighted by Crippen LogP contribution is -2.30. The van der Waals surface area contributed by atoms with Crippen LogP contribution in [-0.2, 0) is 23.5 Å². The molecule has 5 aromatic rings. The highest BCUT2D eigenvalue weighted by Crippen LogP contribution is 2.35. The second-order valence-corrected chi connectivity index (χ2v) is 11.5. The van der Waals surface area contributed by atoms with Crippen molar-refractivity contribution in [3.8, 4) is 5.69 Å². The molecule has 0 spiro atoms. The molecular formula is C26H23ClF2N6O3S. The highest BCUT2D eigenvalue weighted by Gasteiger charge is 2.25. The van der Waals surface area contributed by atoms with Crippen LogP contribution in [0.15, 0.2) is 53.3 Å². The molecule has 0 aliphatic heterocycles. The predicted molar refractivity (Wildman–Crippen MR) is 147 cm³/mol. The molecule has 39 heavy (non-hydrogen) atoms. The van der Waals surface area contributed by atoms with E-state index in [1.807, 2.05) is 0 Å². The number of sulfonamides is 1. The van der Waals surface area contributed by atoms with Gasteiger partial charge < -0.3 is 5.73 Å². The standard InChI is InChI=1S/C26H23ClF2N6O3S/c1-13-5-4-6-19-21(13)26(36)35(25(31-19)18(30)11-14-9-15(28)12-16(29)10-14)20-8-7-17(27)22-23(20)34(2)32-24(22)33-39(3,37)38/h4-10,12,18H,11,30H2,1-3H3,(H,32,33). The van der Waals surface area contributed by atoms with E-state index in [0.717, 1.165) is 12.3 Å². The molecule has 0 aliphatic carbocycles. The lowest BCUT2D eigenvalue weighted by Gasteiger charge is -2.20. The smallest absolute Gasteiger partial charge is 0.266 e. The summed E-state index contributed by atoms with van der Waals surface area (Å²) in [7, 11) is -2.12. The van der Waals surface area contributed by atoms with Crippen LogP contribution in [0.2, 0.25) is 5.02 Å². The van der Waals surface area contributed by atoms with Gasteiger partial charge in [0, 0.05) is 13.1 Å². The Bertz CT molecular complexity index is 1940. The Labute approximate surface area is 226 Å². The molecule has 0 radical (unpaired) electrons. The normalized spacial score (nSPS) is 12.8. The van der Waals surface area contributed by atoms with Crippen LogP contribution in [-0.4, -0.2) is 34.0 Å². The molecule has 13 heteroatoms. The molecule has 0 bridgehead atoms. The summed E-state index contributed by atoms with van der Waals surface area (Å²) in [4.78, 5) is 18.8. The van der Waals surface area contributed by atoms with Gasteiger partial charge in [-0.3, -0.25) is 18.8 Å². The maximum absolute atomic E-state index is 14.1. The van der Waals surface area contributed by atoms with Gasteiger partial charge in [0.25, 0.3) is 5.56 Å². The molecule has 0 aliphatic rings. The number of halogens is 3. The minimum atomic E-state index is -3.70. The monoisotopic (exact) mass is 572 g/mol. The zero-order valence-electron chi connectivity index (χ0n) is 21.0. The van der Waals surface area contributed by atoms with Crippen molar-refractivity contribution in [1.82, 2.24) is 19.3 Å². The van der Waals surface area contributed by atoms with Crippen LogP contribution >= 0.6 is 11.6 Å². The van der Waals surface area contributed by atoms with E-state index in [1.165, 1.54) is 27.4 Å². The second-order valence-electron chi connectivity index (χ2n) is 9.30. The number of aromatic nitrogens is 4. The van der Waals surface area contributed by atoms with E-state index in [4.69, 9.17) is 22.3 Å². The topological polar surface area (TPSA) is 125 Å².